The fourth-order valence-electron chi connectivity index (χ4n) is 1.70. The fourth-order valence-corrected chi connectivity index (χ4v) is 2.72. The topological polar surface area (TPSA) is 49.1 Å². The summed E-state index contributed by atoms with van der Waals surface area (Å²) >= 11 is -1.10. The van der Waals surface area contributed by atoms with Crippen LogP contribution in [0.4, 0.5) is 0 Å². The Morgan fingerprint density at radius 2 is 2.06 bits per heavy atom. The van der Waals surface area contributed by atoms with Gasteiger partial charge in [0.15, 0.2) is 5.58 Å². The van der Waals surface area contributed by atoms with Crippen LogP contribution < -0.4 is 0 Å². The monoisotopic (exact) mass is 251 g/mol. The van der Waals surface area contributed by atoms with Crippen molar-refractivity contribution in [2.24, 2.45) is 0 Å². The van der Waals surface area contributed by atoms with Crippen molar-refractivity contribution in [2.45, 2.75) is 37.8 Å². The summed E-state index contributed by atoms with van der Waals surface area (Å²) in [4.78, 5) is 4.24. The van der Waals surface area contributed by atoms with Crippen molar-refractivity contribution in [1.82, 2.24) is 4.98 Å². The highest BCUT2D eigenvalue weighted by Gasteiger charge is 2.18. The summed E-state index contributed by atoms with van der Waals surface area (Å²) in [7, 11) is 0. The molecule has 1 heterocycles. The van der Waals surface area contributed by atoms with Gasteiger partial charge in [-0.15, -0.1) is 0 Å². The van der Waals surface area contributed by atoms with Gasteiger partial charge in [-0.05, 0) is 25.0 Å². The first kappa shape index (κ1) is 12.5. The Morgan fingerprint density at radius 1 is 1.24 bits per heavy atom. The van der Waals surface area contributed by atoms with E-state index in [1.54, 1.807) is 0 Å². The van der Waals surface area contributed by atoms with Crippen molar-refractivity contribution in [3.63, 3.8) is 0 Å². The van der Waals surface area contributed by atoms with Crippen molar-refractivity contribution in [1.29, 1.82) is 0 Å². The normalized spacial score (nSPS) is 13.1. The van der Waals surface area contributed by atoms with E-state index in [4.69, 9.17) is 4.42 Å². The molecule has 0 radical (unpaired) electrons. The SMILES string of the molecule is CCCCCC[S+]([O-])c1nc2ccccc2o1. The van der Waals surface area contributed by atoms with Crippen molar-refractivity contribution >= 4 is 22.3 Å². The van der Waals surface area contributed by atoms with Gasteiger partial charge in [0.1, 0.15) is 11.3 Å². The predicted molar refractivity (Wildman–Crippen MR) is 69.4 cm³/mol. The van der Waals surface area contributed by atoms with Gasteiger partial charge in [0.25, 0.3) is 0 Å². The molecule has 3 nitrogen and oxygen atoms in total. The van der Waals surface area contributed by atoms with E-state index in [-0.39, 0.29) is 0 Å². The summed E-state index contributed by atoms with van der Waals surface area (Å²) in [6, 6.07) is 7.51. The van der Waals surface area contributed by atoms with Gasteiger partial charge >= 0.3 is 5.22 Å². The number of para-hydroxylation sites is 2. The Hall–Kier alpha value is -1.00. The van der Waals surface area contributed by atoms with E-state index in [1.165, 1.54) is 12.8 Å². The van der Waals surface area contributed by atoms with Crippen molar-refractivity contribution < 1.29 is 8.97 Å². The molecule has 0 aliphatic heterocycles. The van der Waals surface area contributed by atoms with Gasteiger partial charge in [-0.1, -0.05) is 31.9 Å². The minimum Gasteiger partial charge on any atom is -0.608 e. The summed E-state index contributed by atoms with van der Waals surface area (Å²) in [6.07, 6.45) is 4.49. The second-order valence-electron chi connectivity index (χ2n) is 4.06. The van der Waals surface area contributed by atoms with E-state index < -0.39 is 11.2 Å². The Morgan fingerprint density at radius 3 is 2.82 bits per heavy atom. The molecule has 1 atom stereocenters. The molecule has 1 unspecified atom stereocenters. The van der Waals surface area contributed by atoms with Gasteiger partial charge in [0, 0.05) is 11.2 Å². The molecular weight excluding hydrogens is 234 g/mol. The summed E-state index contributed by atoms with van der Waals surface area (Å²) in [6.45, 7) is 2.16. The third-order valence-corrected chi connectivity index (χ3v) is 3.88. The molecule has 0 amide bonds. The zero-order valence-corrected chi connectivity index (χ0v) is 10.8. The maximum Gasteiger partial charge on any atom is 0.416 e. The Bertz CT molecular complexity index is 436. The van der Waals surface area contributed by atoms with Crippen LogP contribution in [0.3, 0.4) is 0 Å². The van der Waals surface area contributed by atoms with Gasteiger partial charge in [-0.2, -0.15) is 4.98 Å². The predicted octanol–water partition coefficient (Wildman–Crippen LogP) is 3.52. The van der Waals surface area contributed by atoms with Gasteiger partial charge in [-0.3, -0.25) is 0 Å². The number of unbranched alkanes of at least 4 members (excludes halogenated alkanes) is 3. The molecule has 0 saturated carbocycles. The van der Waals surface area contributed by atoms with E-state index >= 15 is 0 Å². The van der Waals surface area contributed by atoms with E-state index in [0.717, 1.165) is 18.4 Å². The van der Waals surface area contributed by atoms with Crippen molar-refractivity contribution in [3.8, 4) is 0 Å². The molecule has 92 valence electrons. The molecule has 1 aromatic heterocycles. The van der Waals surface area contributed by atoms with Gasteiger partial charge in [-0.25, -0.2) is 0 Å². The lowest BCUT2D eigenvalue weighted by Gasteiger charge is -2.04. The fraction of sp³-hybridized carbons (Fsp3) is 0.462. The molecule has 0 saturated heterocycles. The first-order chi connectivity index (χ1) is 8.31. The zero-order chi connectivity index (χ0) is 12.1. The van der Waals surface area contributed by atoms with Crippen LogP contribution in [0.2, 0.25) is 0 Å². The third-order valence-electron chi connectivity index (χ3n) is 2.65. The van der Waals surface area contributed by atoms with Gasteiger partial charge in [0.05, 0.1) is 0 Å². The highest BCUT2D eigenvalue weighted by Crippen LogP contribution is 2.20. The summed E-state index contributed by atoms with van der Waals surface area (Å²) < 4.78 is 17.4. The minimum absolute atomic E-state index is 0.364. The molecule has 2 rings (SSSR count). The van der Waals surface area contributed by atoms with E-state index in [2.05, 4.69) is 11.9 Å². The second-order valence-corrected chi connectivity index (χ2v) is 5.51. The Balaban J connectivity index is 1.96. The lowest BCUT2D eigenvalue weighted by Crippen LogP contribution is -2.07. The maximum absolute atomic E-state index is 11.9. The van der Waals surface area contributed by atoms with E-state index in [1.807, 2.05) is 24.3 Å². The minimum atomic E-state index is -1.10. The highest BCUT2D eigenvalue weighted by molar-refractivity contribution is 7.91. The maximum atomic E-state index is 11.9. The molecule has 0 aliphatic rings. The molecule has 17 heavy (non-hydrogen) atoms. The van der Waals surface area contributed by atoms with Crippen LogP contribution in [0.1, 0.15) is 32.6 Å². The standard InChI is InChI=1S/C13H17NO2S/c1-2-3-4-7-10-17(15)13-14-11-8-5-6-9-12(11)16-13/h5-6,8-9H,2-4,7,10H2,1H3. The Labute approximate surface area is 104 Å². The second kappa shape index (κ2) is 6.07. The lowest BCUT2D eigenvalue weighted by molar-refractivity contribution is 0.457. The highest BCUT2D eigenvalue weighted by atomic mass is 32.2. The van der Waals surface area contributed by atoms with Crippen LogP contribution in [0.25, 0.3) is 11.1 Å². The number of benzene rings is 1. The smallest absolute Gasteiger partial charge is 0.416 e. The molecule has 0 spiro atoms. The average molecular weight is 251 g/mol. The first-order valence-electron chi connectivity index (χ1n) is 6.05. The average Bonchev–Trinajstić information content (AvgIpc) is 2.78. The van der Waals surface area contributed by atoms with Crippen LogP contribution in [-0.4, -0.2) is 15.3 Å². The van der Waals surface area contributed by atoms with E-state index in [0.29, 0.717) is 16.6 Å². The molecule has 1 aromatic carbocycles. The van der Waals surface area contributed by atoms with Crippen LogP contribution in [0.15, 0.2) is 33.9 Å². The Kier molecular flexibility index (Phi) is 4.45. The number of fused-ring (bicyclic) bond motifs is 1. The number of rotatable bonds is 6. The van der Waals surface area contributed by atoms with Crippen LogP contribution in [0.5, 0.6) is 0 Å². The number of hydrogen-bond acceptors (Lipinski definition) is 3. The largest absolute Gasteiger partial charge is 0.608 e. The first-order valence-corrected chi connectivity index (χ1v) is 7.37. The van der Waals surface area contributed by atoms with Crippen molar-refractivity contribution in [3.05, 3.63) is 24.3 Å². The van der Waals surface area contributed by atoms with Gasteiger partial charge in [0.2, 0.25) is 0 Å². The van der Waals surface area contributed by atoms with Gasteiger partial charge < -0.3 is 8.97 Å². The van der Waals surface area contributed by atoms with Crippen molar-refractivity contribution in [2.75, 3.05) is 5.75 Å². The molecule has 0 aliphatic carbocycles. The van der Waals surface area contributed by atoms with Crippen LogP contribution >= 0.6 is 0 Å². The zero-order valence-electron chi connectivity index (χ0n) is 10.0. The van der Waals surface area contributed by atoms with E-state index in [9.17, 15) is 4.55 Å². The molecule has 0 bridgehead atoms. The summed E-state index contributed by atoms with van der Waals surface area (Å²) in [5.41, 5.74) is 1.49. The third kappa shape index (κ3) is 3.23. The number of aromatic nitrogens is 1. The molecule has 4 heteroatoms. The number of hydrogen-bond donors (Lipinski definition) is 0. The molecule has 0 fully saturated rings. The van der Waals surface area contributed by atoms with Crippen LogP contribution in [0, 0.1) is 0 Å². The quantitative estimate of drug-likeness (QED) is 0.583. The molecular formula is C13H17NO2S. The summed E-state index contributed by atoms with van der Waals surface area (Å²) in [5, 5.41) is 0.364. The summed E-state index contributed by atoms with van der Waals surface area (Å²) in [5.74, 6) is 0.646. The number of oxazole rings is 1. The molecule has 0 N–H and O–H groups in total. The lowest BCUT2D eigenvalue weighted by atomic mass is 10.2. The molecule has 2 aromatic rings. The number of nitrogens with zero attached hydrogens (tertiary/aromatic N) is 1. The van der Waals surface area contributed by atoms with Crippen LogP contribution in [-0.2, 0) is 11.2 Å².